The van der Waals surface area contributed by atoms with Gasteiger partial charge in [-0.1, -0.05) is 13.8 Å². The van der Waals surface area contributed by atoms with E-state index in [0.29, 0.717) is 23.2 Å². The summed E-state index contributed by atoms with van der Waals surface area (Å²) >= 11 is 0. The highest BCUT2D eigenvalue weighted by molar-refractivity contribution is 5.91. The largest absolute Gasteiger partial charge is 0.478 e. The van der Waals surface area contributed by atoms with Crippen LogP contribution in [0.2, 0.25) is 0 Å². The summed E-state index contributed by atoms with van der Waals surface area (Å²) in [5.74, 6) is -0.994. The van der Waals surface area contributed by atoms with Crippen molar-refractivity contribution in [1.29, 1.82) is 0 Å². The summed E-state index contributed by atoms with van der Waals surface area (Å²) in [4.78, 5) is 12.8. The van der Waals surface area contributed by atoms with Crippen LogP contribution in [-0.2, 0) is 0 Å². The minimum absolute atomic E-state index is 0.315. The number of anilines is 2. The lowest BCUT2D eigenvalue weighted by Crippen LogP contribution is -2.21. The minimum Gasteiger partial charge on any atom is -0.478 e. The normalized spacial score (nSPS) is 23.4. The van der Waals surface area contributed by atoms with E-state index in [1.807, 2.05) is 4.90 Å². The third-order valence-corrected chi connectivity index (χ3v) is 3.68. The maximum Gasteiger partial charge on any atom is 0.338 e. The molecule has 1 aliphatic rings. The summed E-state index contributed by atoms with van der Waals surface area (Å²) in [6.07, 6.45) is 0. The molecule has 4 nitrogen and oxygen atoms in total. The number of nitrogen functional groups attached to an aromatic ring is 1. The van der Waals surface area contributed by atoms with Gasteiger partial charge in [0, 0.05) is 19.2 Å². The number of carboxylic acid groups (broad SMARTS) is 1. The van der Waals surface area contributed by atoms with Gasteiger partial charge in [0.05, 0.1) is 16.9 Å². The average Bonchev–Trinajstić information content (AvgIpc) is 2.61. The van der Waals surface area contributed by atoms with Crippen molar-refractivity contribution in [3.63, 3.8) is 0 Å². The molecule has 2 rings (SSSR count). The van der Waals surface area contributed by atoms with Gasteiger partial charge in [-0.15, -0.1) is 0 Å². The van der Waals surface area contributed by atoms with E-state index in [0.717, 1.165) is 13.1 Å². The second kappa shape index (κ2) is 4.48. The lowest BCUT2D eigenvalue weighted by atomic mass is 10.0. The molecule has 0 amide bonds. The Morgan fingerprint density at radius 3 is 2.44 bits per heavy atom. The van der Waals surface area contributed by atoms with E-state index in [1.165, 1.54) is 12.1 Å². The summed E-state index contributed by atoms with van der Waals surface area (Å²) < 4.78 is 13.7. The predicted molar refractivity (Wildman–Crippen MR) is 68.3 cm³/mol. The van der Waals surface area contributed by atoms with Crippen molar-refractivity contribution in [3.8, 4) is 0 Å². The summed E-state index contributed by atoms with van der Waals surface area (Å²) in [6, 6.07) is 2.42. The number of rotatable bonds is 2. The van der Waals surface area contributed by atoms with Gasteiger partial charge < -0.3 is 15.7 Å². The third-order valence-electron chi connectivity index (χ3n) is 3.68. The molecule has 1 heterocycles. The lowest BCUT2D eigenvalue weighted by molar-refractivity contribution is 0.0692. The van der Waals surface area contributed by atoms with Crippen LogP contribution in [0.15, 0.2) is 12.1 Å². The predicted octanol–water partition coefficient (Wildman–Crippen LogP) is 2.20. The van der Waals surface area contributed by atoms with Crippen molar-refractivity contribution in [2.24, 2.45) is 11.8 Å². The molecule has 0 radical (unpaired) electrons. The van der Waals surface area contributed by atoms with Gasteiger partial charge in [-0.2, -0.15) is 0 Å². The topological polar surface area (TPSA) is 66.6 Å². The van der Waals surface area contributed by atoms with Crippen molar-refractivity contribution in [2.45, 2.75) is 13.8 Å². The zero-order valence-electron chi connectivity index (χ0n) is 10.5. The van der Waals surface area contributed by atoms with E-state index in [2.05, 4.69) is 13.8 Å². The Balaban J connectivity index is 2.36. The summed E-state index contributed by atoms with van der Waals surface area (Å²) in [7, 11) is 0. The molecule has 0 bridgehead atoms. The van der Waals surface area contributed by atoms with Crippen LogP contribution in [0.3, 0.4) is 0 Å². The zero-order chi connectivity index (χ0) is 13.4. The van der Waals surface area contributed by atoms with Crippen LogP contribution in [0.25, 0.3) is 0 Å². The smallest absolute Gasteiger partial charge is 0.338 e. The number of nitrogens with two attached hydrogens (primary N) is 1. The Labute approximate surface area is 105 Å². The summed E-state index contributed by atoms with van der Waals surface area (Å²) in [5.41, 5.74) is 6.36. The quantitative estimate of drug-likeness (QED) is 0.792. The Morgan fingerprint density at radius 1 is 1.39 bits per heavy atom. The number of hydrogen-bond acceptors (Lipinski definition) is 3. The molecule has 1 aromatic rings. The van der Waals surface area contributed by atoms with Crippen LogP contribution < -0.4 is 10.6 Å². The zero-order valence-corrected chi connectivity index (χ0v) is 10.5. The SMILES string of the molecule is CC1CN(c2cc(F)c(C(=O)O)cc2N)CC1C. The minimum atomic E-state index is -1.30. The van der Waals surface area contributed by atoms with Crippen LogP contribution in [0.1, 0.15) is 24.2 Å². The molecule has 2 atom stereocenters. The van der Waals surface area contributed by atoms with Gasteiger partial charge in [-0.3, -0.25) is 0 Å². The van der Waals surface area contributed by atoms with E-state index >= 15 is 0 Å². The van der Waals surface area contributed by atoms with Crippen LogP contribution in [0, 0.1) is 17.7 Å². The Morgan fingerprint density at radius 2 is 1.94 bits per heavy atom. The highest BCUT2D eigenvalue weighted by Gasteiger charge is 2.28. The molecule has 98 valence electrons. The van der Waals surface area contributed by atoms with Crippen LogP contribution in [0.5, 0.6) is 0 Å². The molecular weight excluding hydrogens is 235 g/mol. The molecule has 1 aromatic carbocycles. The van der Waals surface area contributed by atoms with Crippen LogP contribution >= 0.6 is 0 Å². The number of aromatic carboxylic acids is 1. The molecule has 0 aliphatic carbocycles. The van der Waals surface area contributed by atoms with Gasteiger partial charge in [0.1, 0.15) is 5.82 Å². The monoisotopic (exact) mass is 252 g/mol. The Kier molecular flexibility index (Phi) is 3.15. The fraction of sp³-hybridized carbons (Fsp3) is 0.462. The highest BCUT2D eigenvalue weighted by Crippen LogP contribution is 2.33. The maximum absolute atomic E-state index is 13.7. The first-order valence-corrected chi connectivity index (χ1v) is 5.97. The molecule has 2 unspecified atom stereocenters. The molecular formula is C13H17FN2O2. The van der Waals surface area contributed by atoms with Gasteiger partial charge in [0.25, 0.3) is 0 Å². The fourth-order valence-electron chi connectivity index (χ4n) is 2.34. The number of benzene rings is 1. The molecule has 1 fully saturated rings. The van der Waals surface area contributed by atoms with Gasteiger partial charge in [-0.05, 0) is 17.9 Å². The first-order valence-electron chi connectivity index (χ1n) is 5.97. The summed E-state index contributed by atoms with van der Waals surface area (Å²) in [6.45, 7) is 5.92. The first-order chi connectivity index (χ1) is 8.40. The lowest BCUT2D eigenvalue weighted by Gasteiger charge is -2.21. The number of halogens is 1. The Hall–Kier alpha value is -1.78. The van der Waals surface area contributed by atoms with Crippen molar-refractivity contribution in [1.82, 2.24) is 0 Å². The molecule has 18 heavy (non-hydrogen) atoms. The van der Waals surface area contributed by atoms with Gasteiger partial charge in [0.15, 0.2) is 0 Å². The fourth-order valence-corrected chi connectivity index (χ4v) is 2.34. The van der Waals surface area contributed by atoms with Crippen molar-refractivity contribution < 1.29 is 14.3 Å². The second-order valence-electron chi connectivity index (χ2n) is 5.06. The number of carboxylic acids is 1. The van der Waals surface area contributed by atoms with E-state index in [1.54, 1.807) is 0 Å². The number of carbonyl (C=O) groups is 1. The van der Waals surface area contributed by atoms with Gasteiger partial charge >= 0.3 is 5.97 Å². The summed E-state index contributed by atoms with van der Waals surface area (Å²) in [5, 5.41) is 8.82. The van der Waals surface area contributed by atoms with Gasteiger partial charge in [-0.25, -0.2) is 9.18 Å². The maximum atomic E-state index is 13.7. The molecule has 0 saturated carbocycles. The van der Waals surface area contributed by atoms with Crippen LogP contribution in [-0.4, -0.2) is 24.2 Å². The highest BCUT2D eigenvalue weighted by atomic mass is 19.1. The molecule has 1 saturated heterocycles. The van der Waals surface area contributed by atoms with Crippen molar-refractivity contribution in [2.75, 3.05) is 23.7 Å². The first kappa shape index (κ1) is 12.7. The molecule has 3 N–H and O–H groups in total. The van der Waals surface area contributed by atoms with Crippen LogP contribution in [0.4, 0.5) is 15.8 Å². The molecule has 1 aliphatic heterocycles. The third kappa shape index (κ3) is 2.12. The average molecular weight is 252 g/mol. The van der Waals surface area contributed by atoms with Gasteiger partial charge in [0.2, 0.25) is 0 Å². The number of hydrogen-bond donors (Lipinski definition) is 2. The number of nitrogens with zero attached hydrogens (tertiary/aromatic N) is 1. The standard InChI is InChI=1S/C13H17FN2O2/c1-7-5-16(6-8(7)2)12-4-10(14)9(13(17)18)3-11(12)15/h3-4,7-8H,5-6,15H2,1-2H3,(H,17,18). The second-order valence-corrected chi connectivity index (χ2v) is 5.06. The van der Waals surface area contributed by atoms with E-state index in [9.17, 15) is 9.18 Å². The Bertz CT molecular complexity index is 480. The van der Waals surface area contributed by atoms with E-state index < -0.39 is 11.8 Å². The van der Waals surface area contributed by atoms with Crippen molar-refractivity contribution in [3.05, 3.63) is 23.5 Å². The molecule has 5 heteroatoms. The van der Waals surface area contributed by atoms with E-state index in [4.69, 9.17) is 10.8 Å². The molecule has 0 spiro atoms. The van der Waals surface area contributed by atoms with E-state index in [-0.39, 0.29) is 5.56 Å². The van der Waals surface area contributed by atoms with Crippen molar-refractivity contribution >= 4 is 17.3 Å². The molecule has 0 aromatic heterocycles.